The van der Waals surface area contributed by atoms with Crippen molar-refractivity contribution in [3.05, 3.63) is 0 Å². The molecular weight excluding hydrogens is 218 g/mol. The van der Waals surface area contributed by atoms with Gasteiger partial charge < -0.3 is 15.8 Å². The number of amides is 1. The standard InChI is InChI=1S/C12H21N3O2/c1-15(7-11(13)14-17)12(16)6-10-5-8-2-3-9(10)4-8/h8-10,17H,2-7H2,1H3,(H2,13,14). The SMILES string of the molecule is CN(CC(N)=NO)C(=O)CC1CC2CCC1C2. The first kappa shape index (κ1) is 12.2. The van der Waals surface area contributed by atoms with E-state index in [0.29, 0.717) is 12.3 Å². The van der Waals surface area contributed by atoms with Crippen LogP contribution in [-0.2, 0) is 4.79 Å². The molecule has 2 fully saturated rings. The van der Waals surface area contributed by atoms with Crippen LogP contribution in [0.3, 0.4) is 0 Å². The van der Waals surface area contributed by atoms with Crippen LogP contribution in [0.4, 0.5) is 0 Å². The minimum Gasteiger partial charge on any atom is -0.409 e. The fourth-order valence-corrected chi connectivity index (χ4v) is 3.37. The van der Waals surface area contributed by atoms with Crippen molar-refractivity contribution in [3.8, 4) is 0 Å². The first-order valence-electron chi connectivity index (χ1n) is 6.30. The lowest BCUT2D eigenvalue weighted by Gasteiger charge is -2.24. The summed E-state index contributed by atoms with van der Waals surface area (Å²) in [5.74, 6) is 2.38. The largest absolute Gasteiger partial charge is 0.409 e. The van der Waals surface area contributed by atoms with Crippen LogP contribution in [0.2, 0.25) is 0 Å². The molecule has 2 saturated carbocycles. The Labute approximate surface area is 102 Å². The van der Waals surface area contributed by atoms with Gasteiger partial charge in [0.1, 0.15) is 0 Å². The van der Waals surface area contributed by atoms with Crippen LogP contribution in [0.1, 0.15) is 32.1 Å². The van der Waals surface area contributed by atoms with E-state index in [2.05, 4.69) is 5.16 Å². The second-order valence-electron chi connectivity index (χ2n) is 5.48. The van der Waals surface area contributed by atoms with E-state index in [1.54, 1.807) is 11.9 Å². The smallest absolute Gasteiger partial charge is 0.223 e. The second-order valence-corrected chi connectivity index (χ2v) is 5.48. The molecule has 0 aromatic carbocycles. The molecule has 96 valence electrons. The van der Waals surface area contributed by atoms with Gasteiger partial charge in [-0.3, -0.25) is 4.79 Å². The lowest BCUT2D eigenvalue weighted by molar-refractivity contribution is -0.130. The van der Waals surface area contributed by atoms with E-state index < -0.39 is 0 Å². The van der Waals surface area contributed by atoms with Crippen molar-refractivity contribution in [1.82, 2.24) is 4.90 Å². The van der Waals surface area contributed by atoms with Gasteiger partial charge in [-0.2, -0.15) is 0 Å². The number of oxime groups is 1. The molecule has 2 rings (SSSR count). The molecule has 0 heterocycles. The van der Waals surface area contributed by atoms with Crippen LogP contribution in [0, 0.1) is 17.8 Å². The molecule has 2 aliphatic carbocycles. The topological polar surface area (TPSA) is 78.9 Å². The van der Waals surface area contributed by atoms with Crippen molar-refractivity contribution in [2.24, 2.45) is 28.6 Å². The average molecular weight is 239 g/mol. The first-order chi connectivity index (χ1) is 8.10. The summed E-state index contributed by atoms with van der Waals surface area (Å²) >= 11 is 0. The predicted octanol–water partition coefficient (Wildman–Crippen LogP) is 1.02. The maximum Gasteiger partial charge on any atom is 0.223 e. The molecule has 0 saturated heterocycles. The van der Waals surface area contributed by atoms with E-state index in [1.807, 2.05) is 0 Å². The monoisotopic (exact) mass is 239 g/mol. The van der Waals surface area contributed by atoms with Gasteiger partial charge in [-0.15, -0.1) is 0 Å². The number of likely N-dealkylation sites (N-methyl/N-ethyl adjacent to an activating group) is 1. The third-order valence-corrected chi connectivity index (χ3v) is 4.27. The van der Waals surface area contributed by atoms with Gasteiger partial charge in [0.15, 0.2) is 5.84 Å². The molecule has 0 aliphatic heterocycles. The number of carbonyl (C=O) groups excluding carboxylic acids is 1. The van der Waals surface area contributed by atoms with E-state index in [9.17, 15) is 4.79 Å². The maximum absolute atomic E-state index is 12.0. The fourth-order valence-electron chi connectivity index (χ4n) is 3.37. The van der Waals surface area contributed by atoms with Crippen LogP contribution in [0.15, 0.2) is 5.16 Å². The number of rotatable bonds is 4. The highest BCUT2D eigenvalue weighted by Crippen LogP contribution is 2.49. The molecule has 3 unspecified atom stereocenters. The molecule has 0 spiro atoms. The van der Waals surface area contributed by atoms with Crippen molar-refractivity contribution in [3.63, 3.8) is 0 Å². The normalized spacial score (nSPS) is 31.8. The number of hydrogen-bond donors (Lipinski definition) is 2. The number of amidine groups is 1. The first-order valence-corrected chi connectivity index (χ1v) is 6.30. The van der Waals surface area contributed by atoms with Crippen molar-refractivity contribution in [2.45, 2.75) is 32.1 Å². The quantitative estimate of drug-likeness (QED) is 0.333. The highest BCUT2D eigenvalue weighted by molar-refractivity contribution is 5.86. The van der Waals surface area contributed by atoms with Crippen molar-refractivity contribution in [2.75, 3.05) is 13.6 Å². The zero-order chi connectivity index (χ0) is 12.4. The summed E-state index contributed by atoms with van der Waals surface area (Å²) in [6, 6.07) is 0. The Morgan fingerprint density at radius 2 is 2.24 bits per heavy atom. The molecule has 17 heavy (non-hydrogen) atoms. The van der Waals surface area contributed by atoms with Gasteiger partial charge in [0.05, 0.1) is 6.54 Å². The molecule has 2 aliphatic rings. The molecule has 0 aromatic heterocycles. The van der Waals surface area contributed by atoms with E-state index in [0.717, 1.165) is 11.8 Å². The zero-order valence-electron chi connectivity index (χ0n) is 10.3. The Hall–Kier alpha value is -1.26. The predicted molar refractivity (Wildman–Crippen MR) is 64.6 cm³/mol. The lowest BCUT2D eigenvalue weighted by atomic mass is 9.86. The molecule has 0 radical (unpaired) electrons. The third kappa shape index (κ3) is 2.70. The highest BCUT2D eigenvalue weighted by atomic mass is 16.4. The molecule has 0 aromatic rings. The fraction of sp³-hybridized carbons (Fsp3) is 0.833. The average Bonchev–Trinajstić information content (AvgIpc) is 2.90. The molecule has 3 atom stereocenters. The van der Waals surface area contributed by atoms with Crippen molar-refractivity contribution < 1.29 is 10.0 Å². The summed E-state index contributed by atoms with van der Waals surface area (Å²) < 4.78 is 0. The summed E-state index contributed by atoms with van der Waals surface area (Å²) in [7, 11) is 1.70. The molecule has 5 heteroatoms. The summed E-state index contributed by atoms with van der Waals surface area (Å²) in [5, 5.41) is 11.3. The Morgan fingerprint density at radius 1 is 1.47 bits per heavy atom. The van der Waals surface area contributed by atoms with Crippen LogP contribution in [0.25, 0.3) is 0 Å². The van der Waals surface area contributed by atoms with Crippen LogP contribution in [0.5, 0.6) is 0 Å². The summed E-state index contributed by atoms with van der Waals surface area (Å²) in [4.78, 5) is 13.5. The Morgan fingerprint density at radius 3 is 2.76 bits per heavy atom. The third-order valence-electron chi connectivity index (χ3n) is 4.27. The number of nitrogens with zero attached hydrogens (tertiary/aromatic N) is 2. The Balaban J connectivity index is 1.81. The summed E-state index contributed by atoms with van der Waals surface area (Å²) in [6.45, 7) is 0.205. The van der Waals surface area contributed by atoms with Gasteiger partial charge in [-0.25, -0.2) is 0 Å². The van der Waals surface area contributed by atoms with Gasteiger partial charge in [-0.05, 0) is 37.0 Å². The number of hydrogen-bond acceptors (Lipinski definition) is 3. The van der Waals surface area contributed by atoms with Crippen molar-refractivity contribution in [1.29, 1.82) is 0 Å². The zero-order valence-corrected chi connectivity index (χ0v) is 10.3. The van der Waals surface area contributed by atoms with Gasteiger partial charge in [0, 0.05) is 13.5 Å². The lowest BCUT2D eigenvalue weighted by Crippen LogP contribution is -2.36. The van der Waals surface area contributed by atoms with E-state index in [4.69, 9.17) is 10.9 Å². The number of fused-ring (bicyclic) bond motifs is 2. The molecule has 2 bridgehead atoms. The van der Waals surface area contributed by atoms with E-state index in [1.165, 1.54) is 25.7 Å². The summed E-state index contributed by atoms with van der Waals surface area (Å²) in [6.07, 6.45) is 5.81. The van der Waals surface area contributed by atoms with Crippen molar-refractivity contribution >= 4 is 11.7 Å². The molecular formula is C12H21N3O2. The van der Waals surface area contributed by atoms with Gasteiger partial charge in [0.2, 0.25) is 5.91 Å². The van der Waals surface area contributed by atoms with Gasteiger partial charge >= 0.3 is 0 Å². The van der Waals surface area contributed by atoms with Gasteiger partial charge in [-0.1, -0.05) is 11.6 Å². The molecule has 1 amide bonds. The van der Waals surface area contributed by atoms with E-state index in [-0.39, 0.29) is 18.3 Å². The minimum atomic E-state index is 0.0776. The van der Waals surface area contributed by atoms with Crippen LogP contribution >= 0.6 is 0 Å². The highest BCUT2D eigenvalue weighted by Gasteiger charge is 2.40. The van der Waals surface area contributed by atoms with Gasteiger partial charge in [0.25, 0.3) is 0 Å². The number of nitrogens with two attached hydrogens (primary N) is 1. The Kier molecular flexibility index (Phi) is 3.54. The van der Waals surface area contributed by atoms with Crippen LogP contribution in [-0.4, -0.2) is 35.4 Å². The summed E-state index contributed by atoms with van der Waals surface area (Å²) in [5.41, 5.74) is 5.39. The number of carbonyl (C=O) groups is 1. The maximum atomic E-state index is 12.0. The molecule has 3 N–H and O–H groups in total. The van der Waals surface area contributed by atoms with Crippen LogP contribution < -0.4 is 5.73 Å². The molecule has 5 nitrogen and oxygen atoms in total. The minimum absolute atomic E-state index is 0.0776. The Bertz CT molecular complexity index is 330. The second kappa shape index (κ2) is 4.94. The van der Waals surface area contributed by atoms with E-state index >= 15 is 0 Å².